The smallest absolute Gasteiger partial charge is 0.265 e. The Morgan fingerprint density at radius 1 is 1.04 bits per heavy atom. The van der Waals surface area contributed by atoms with Crippen molar-refractivity contribution < 1.29 is 14.3 Å². The van der Waals surface area contributed by atoms with E-state index < -0.39 is 0 Å². The molecular weight excluding hydrogens is 440 g/mol. The van der Waals surface area contributed by atoms with Crippen LogP contribution in [-0.4, -0.2) is 18.9 Å². The van der Waals surface area contributed by atoms with Gasteiger partial charge in [-0.15, -0.1) is 11.3 Å². The van der Waals surface area contributed by atoms with Gasteiger partial charge in [0, 0.05) is 17.8 Å². The molecule has 2 N–H and O–H groups in total. The molecule has 3 aromatic rings. The number of thiophene rings is 1. The van der Waals surface area contributed by atoms with Gasteiger partial charge in [0.25, 0.3) is 5.91 Å². The quantitative estimate of drug-likeness (QED) is 0.501. The maximum absolute atomic E-state index is 12.3. The zero-order valence-electron chi connectivity index (χ0n) is 15.2. The highest BCUT2D eigenvalue weighted by atomic mass is 79.9. The molecule has 3 rings (SSSR count). The molecule has 0 bridgehead atoms. The summed E-state index contributed by atoms with van der Waals surface area (Å²) in [5, 5.41) is 7.56. The first kappa shape index (κ1) is 20.1. The molecular formula is C21H19BrN2O3S. The van der Waals surface area contributed by atoms with Gasteiger partial charge in [-0.1, -0.05) is 18.2 Å². The number of hydrogen-bond donors (Lipinski definition) is 2. The lowest BCUT2D eigenvalue weighted by atomic mass is 10.1. The zero-order chi connectivity index (χ0) is 19.9. The molecule has 144 valence electrons. The number of methoxy groups -OCH3 is 1. The lowest BCUT2D eigenvalue weighted by Crippen LogP contribution is -2.13. The van der Waals surface area contributed by atoms with Crippen molar-refractivity contribution in [1.82, 2.24) is 0 Å². The molecule has 7 heteroatoms. The lowest BCUT2D eigenvalue weighted by molar-refractivity contribution is -0.116. The SMILES string of the molecule is COc1ccc(CCC(=O)Nc2cccc(NC(=O)c3cccs3)c2)cc1Br. The number of amides is 2. The topological polar surface area (TPSA) is 67.4 Å². The standard InChI is InChI=1S/C21H19BrN2O3S/c1-27-18-9-7-14(12-17(18)22)8-10-20(25)23-15-4-2-5-16(13-15)24-21(26)19-6-3-11-28-19/h2-7,9,11-13H,8,10H2,1H3,(H,23,25)(H,24,26). The van der Waals surface area contributed by atoms with Gasteiger partial charge in [0.05, 0.1) is 16.5 Å². The number of carbonyl (C=O) groups excluding carboxylic acids is 2. The Morgan fingerprint density at radius 2 is 1.82 bits per heavy atom. The predicted molar refractivity (Wildman–Crippen MR) is 116 cm³/mol. The van der Waals surface area contributed by atoms with Crippen molar-refractivity contribution >= 4 is 50.5 Å². The van der Waals surface area contributed by atoms with E-state index in [4.69, 9.17) is 4.74 Å². The van der Waals surface area contributed by atoms with E-state index >= 15 is 0 Å². The molecule has 2 amide bonds. The van der Waals surface area contributed by atoms with Gasteiger partial charge in [-0.05, 0) is 69.7 Å². The van der Waals surface area contributed by atoms with E-state index in [1.165, 1.54) is 11.3 Å². The number of rotatable bonds is 7. The van der Waals surface area contributed by atoms with Crippen LogP contribution in [0.25, 0.3) is 0 Å². The number of anilines is 2. The second kappa shape index (κ2) is 9.52. The van der Waals surface area contributed by atoms with Crippen LogP contribution >= 0.6 is 27.3 Å². The Hall–Kier alpha value is -2.64. The fourth-order valence-corrected chi connectivity index (χ4v) is 3.83. The molecule has 1 heterocycles. The summed E-state index contributed by atoms with van der Waals surface area (Å²) in [4.78, 5) is 25.1. The Bertz CT molecular complexity index is 974. The van der Waals surface area contributed by atoms with Gasteiger partial charge in [0.15, 0.2) is 0 Å². The lowest BCUT2D eigenvalue weighted by Gasteiger charge is -2.09. The van der Waals surface area contributed by atoms with E-state index in [0.29, 0.717) is 29.1 Å². The molecule has 0 aliphatic heterocycles. The first-order valence-electron chi connectivity index (χ1n) is 8.62. The van der Waals surface area contributed by atoms with Gasteiger partial charge in [0.1, 0.15) is 5.75 Å². The van der Waals surface area contributed by atoms with Crippen LogP contribution in [-0.2, 0) is 11.2 Å². The molecule has 0 atom stereocenters. The predicted octanol–water partition coefficient (Wildman–Crippen LogP) is 5.34. The van der Waals surface area contributed by atoms with Gasteiger partial charge in [0.2, 0.25) is 5.91 Å². The van der Waals surface area contributed by atoms with Crippen molar-refractivity contribution in [1.29, 1.82) is 0 Å². The number of benzene rings is 2. The highest BCUT2D eigenvalue weighted by Gasteiger charge is 2.09. The molecule has 5 nitrogen and oxygen atoms in total. The summed E-state index contributed by atoms with van der Waals surface area (Å²) in [6, 6.07) is 16.5. The first-order chi connectivity index (χ1) is 13.5. The highest BCUT2D eigenvalue weighted by molar-refractivity contribution is 9.10. The van der Waals surface area contributed by atoms with Gasteiger partial charge in [-0.25, -0.2) is 0 Å². The Balaban J connectivity index is 1.55. The third-order valence-electron chi connectivity index (χ3n) is 4.01. The zero-order valence-corrected chi connectivity index (χ0v) is 17.6. The van der Waals surface area contributed by atoms with E-state index in [-0.39, 0.29) is 11.8 Å². The molecule has 0 aliphatic carbocycles. The first-order valence-corrected chi connectivity index (χ1v) is 10.3. The molecule has 0 saturated heterocycles. The molecule has 0 aliphatic rings. The van der Waals surface area contributed by atoms with Crippen molar-refractivity contribution in [3.63, 3.8) is 0 Å². The third-order valence-corrected chi connectivity index (χ3v) is 5.49. The Morgan fingerprint density at radius 3 is 2.50 bits per heavy atom. The Labute approximate surface area is 175 Å². The second-order valence-corrected chi connectivity index (χ2v) is 7.83. The van der Waals surface area contributed by atoms with Crippen LogP contribution in [0.1, 0.15) is 21.7 Å². The van der Waals surface area contributed by atoms with Gasteiger partial charge < -0.3 is 15.4 Å². The van der Waals surface area contributed by atoms with Crippen molar-refractivity contribution in [2.45, 2.75) is 12.8 Å². The van der Waals surface area contributed by atoms with Crippen LogP contribution in [0.4, 0.5) is 11.4 Å². The van der Waals surface area contributed by atoms with E-state index in [1.807, 2.05) is 29.6 Å². The Kier molecular flexibility index (Phi) is 6.84. The van der Waals surface area contributed by atoms with Crippen molar-refractivity contribution in [3.05, 3.63) is 74.9 Å². The van der Waals surface area contributed by atoms with Crippen molar-refractivity contribution in [2.75, 3.05) is 17.7 Å². The van der Waals surface area contributed by atoms with Crippen LogP contribution in [0.2, 0.25) is 0 Å². The fourth-order valence-electron chi connectivity index (χ4n) is 2.62. The van der Waals surface area contributed by atoms with Crippen LogP contribution < -0.4 is 15.4 Å². The number of carbonyl (C=O) groups is 2. The van der Waals surface area contributed by atoms with E-state index in [9.17, 15) is 9.59 Å². The number of hydrogen-bond acceptors (Lipinski definition) is 4. The second-order valence-electron chi connectivity index (χ2n) is 6.03. The molecule has 28 heavy (non-hydrogen) atoms. The fraction of sp³-hybridized carbons (Fsp3) is 0.143. The van der Waals surface area contributed by atoms with Gasteiger partial charge >= 0.3 is 0 Å². The number of ether oxygens (including phenoxy) is 1. The molecule has 1 aromatic heterocycles. The molecule has 0 saturated carbocycles. The maximum Gasteiger partial charge on any atom is 0.265 e. The molecule has 0 fully saturated rings. The summed E-state index contributed by atoms with van der Waals surface area (Å²) in [6.07, 6.45) is 0.966. The van der Waals surface area contributed by atoms with Crippen LogP contribution in [0.15, 0.2) is 64.5 Å². The minimum absolute atomic E-state index is 0.0892. The van der Waals surface area contributed by atoms with Crippen LogP contribution in [0.3, 0.4) is 0 Å². The summed E-state index contributed by atoms with van der Waals surface area (Å²) in [5.41, 5.74) is 2.32. The monoisotopic (exact) mass is 458 g/mol. The molecule has 2 aromatic carbocycles. The minimum Gasteiger partial charge on any atom is -0.496 e. The summed E-state index contributed by atoms with van der Waals surface area (Å²) in [6.45, 7) is 0. The van der Waals surface area contributed by atoms with E-state index in [2.05, 4.69) is 26.6 Å². The number of aryl methyl sites for hydroxylation is 1. The maximum atomic E-state index is 12.3. The summed E-state index contributed by atoms with van der Waals surface area (Å²) >= 11 is 4.83. The minimum atomic E-state index is -0.163. The molecule has 0 spiro atoms. The van der Waals surface area contributed by atoms with Crippen LogP contribution in [0, 0.1) is 0 Å². The van der Waals surface area contributed by atoms with Crippen molar-refractivity contribution in [2.24, 2.45) is 0 Å². The summed E-state index contributed by atoms with van der Waals surface area (Å²) < 4.78 is 6.07. The van der Waals surface area contributed by atoms with Crippen LogP contribution in [0.5, 0.6) is 5.75 Å². The largest absolute Gasteiger partial charge is 0.496 e. The molecule has 0 unspecified atom stereocenters. The summed E-state index contributed by atoms with van der Waals surface area (Å²) in [7, 11) is 1.62. The average Bonchev–Trinajstić information content (AvgIpc) is 3.22. The average molecular weight is 459 g/mol. The van der Waals surface area contributed by atoms with E-state index in [0.717, 1.165) is 15.8 Å². The van der Waals surface area contributed by atoms with E-state index in [1.54, 1.807) is 37.4 Å². The third kappa shape index (κ3) is 5.43. The molecule has 0 radical (unpaired) electrons. The normalized spacial score (nSPS) is 10.4. The number of nitrogens with one attached hydrogen (secondary N) is 2. The van der Waals surface area contributed by atoms with Gasteiger partial charge in [-0.3, -0.25) is 9.59 Å². The van der Waals surface area contributed by atoms with Gasteiger partial charge in [-0.2, -0.15) is 0 Å². The number of halogens is 1. The van der Waals surface area contributed by atoms with Crippen molar-refractivity contribution in [3.8, 4) is 5.75 Å². The highest BCUT2D eigenvalue weighted by Crippen LogP contribution is 2.26. The summed E-state index contributed by atoms with van der Waals surface area (Å²) in [5.74, 6) is 0.506.